The molecule has 0 fully saturated rings. The van der Waals surface area contributed by atoms with Gasteiger partial charge in [0.1, 0.15) is 5.75 Å². The van der Waals surface area contributed by atoms with Crippen molar-refractivity contribution < 1.29 is 9.53 Å². The van der Waals surface area contributed by atoms with Gasteiger partial charge in [0.15, 0.2) is 0 Å². The van der Waals surface area contributed by atoms with Crippen LogP contribution in [0.15, 0.2) is 42.6 Å². The van der Waals surface area contributed by atoms with Crippen molar-refractivity contribution in [3.05, 3.63) is 48.3 Å². The number of ether oxygens (including phenoxy) is 1. The average molecular weight is 342 g/mol. The molecule has 25 heavy (non-hydrogen) atoms. The molecule has 1 aromatic heterocycles. The zero-order chi connectivity index (χ0) is 17.6. The molecule has 1 aliphatic rings. The minimum atomic E-state index is 0.134. The SMILES string of the molecule is CN(C)CC1CN(C(=O)CCOc2ccccc2)Cc2ccnn2C1. The number of rotatable bonds is 6. The second-order valence-corrected chi connectivity index (χ2v) is 6.82. The second-order valence-electron chi connectivity index (χ2n) is 6.82. The summed E-state index contributed by atoms with van der Waals surface area (Å²) >= 11 is 0. The van der Waals surface area contributed by atoms with Crippen LogP contribution in [-0.4, -0.2) is 59.3 Å². The van der Waals surface area contributed by atoms with Crippen molar-refractivity contribution in [3.63, 3.8) is 0 Å². The molecule has 6 heteroatoms. The van der Waals surface area contributed by atoms with Crippen molar-refractivity contribution in [3.8, 4) is 5.75 Å². The molecule has 1 aromatic carbocycles. The zero-order valence-electron chi connectivity index (χ0n) is 15.0. The Labute approximate surface area is 149 Å². The monoisotopic (exact) mass is 342 g/mol. The van der Waals surface area contributed by atoms with E-state index < -0.39 is 0 Å². The molecule has 0 aliphatic carbocycles. The molecule has 1 amide bonds. The van der Waals surface area contributed by atoms with E-state index in [4.69, 9.17) is 4.74 Å². The first-order chi connectivity index (χ1) is 12.1. The molecule has 2 aromatic rings. The number of nitrogens with zero attached hydrogens (tertiary/aromatic N) is 4. The Morgan fingerprint density at radius 3 is 2.80 bits per heavy atom. The van der Waals surface area contributed by atoms with Gasteiger partial charge in [-0.1, -0.05) is 18.2 Å². The van der Waals surface area contributed by atoms with Gasteiger partial charge in [0.2, 0.25) is 5.91 Å². The standard InChI is InChI=1S/C19H26N4O2/c1-21(2)12-16-13-22(15-17-8-10-20-23(17)14-16)19(24)9-11-25-18-6-4-3-5-7-18/h3-8,10,16H,9,11-15H2,1-2H3. The number of hydrogen-bond acceptors (Lipinski definition) is 4. The fourth-order valence-electron chi connectivity index (χ4n) is 3.29. The summed E-state index contributed by atoms with van der Waals surface area (Å²) in [4.78, 5) is 16.8. The summed E-state index contributed by atoms with van der Waals surface area (Å²) in [5.41, 5.74) is 1.10. The van der Waals surface area contributed by atoms with E-state index in [0.717, 1.165) is 31.1 Å². The highest BCUT2D eigenvalue weighted by molar-refractivity contribution is 5.76. The van der Waals surface area contributed by atoms with Crippen molar-refractivity contribution in [2.75, 3.05) is 33.8 Å². The van der Waals surface area contributed by atoms with Crippen LogP contribution >= 0.6 is 0 Å². The van der Waals surface area contributed by atoms with E-state index in [9.17, 15) is 4.79 Å². The van der Waals surface area contributed by atoms with Crippen LogP contribution in [0.3, 0.4) is 0 Å². The van der Waals surface area contributed by atoms with Gasteiger partial charge in [-0.2, -0.15) is 5.10 Å². The number of para-hydroxylation sites is 1. The minimum Gasteiger partial charge on any atom is -0.493 e. The number of carbonyl (C=O) groups is 1. The van der Waals surface area contributed by atoms with Crippen LogP contribution in [0.4, 0.5) is 0 Å². The number of benzene rings is 1. The van der Waals surface area contributed by atoms with E-state index in [0.29, 0.717) is 25.5 Å². The third-order valence-electron chi connectivity index (χ3n) is 4.37. The average Bonchev–Trinajstić information content (AvgIpc) is 2.94. The summed E-state index contributed by atoms with van der Waals surface area (Å²) in [6.45, 7) is 3.56. The Balaban J connectivity index is 1.60. The van der Waals surface area contributed by atoms with Crippen LogP contribution in [0.25, 0.3) is 0 Å². The van der Waals surface area contributed by atoms with E-state index in [1.165, 1.54) is 0 Å². The molecule has 0 saturated carbocycles. The molecule has 0 radical (unpaired) electrons. The van der Waals surface area contributed by atoms with E-state index in [2.05, 4.69) is 24.1 Å². The molecule has 0 bridgehead atoms. The summed E-state index contributed by atoms with van der Waals surface area (Å²) in [5, 5.41) is 4.41. The highest BCUT2D eigenvalue weighted by Gasteiger charge is 2.25. The molecule has 0 spiro atoms. The van der Waals surface area contributed by atoms with E-state index in [1.54, 1.807) is 0 Å². The predicted molar refractivity (Wildman–Crippen MR) is 96.2 cm³/mol. The molecule has 6 nitrogen and oxygen atoms in total. The van der Waals surface area contributed by atoms with Crippen molar-refractivity contribution in [2.45, 2.75) is 19.5 Å². The Bertz CT molecular complexity index is 684. The van der Waals surface area contributed by atoms with Crippen LogP contribution < -0.4 is 4.74 Å². The summed E-state index contributed by atoms with van der Waals surface area (Å²) in [7, 11) is 4.13. The fourth-order valence-corrected chi connectivity index (χ4v) is 3.29. The Morgan fingerprint density at radius 1 is 1.24 bits per heavy atom. The topological polar surface area (TPSA) is 50.6 Å². The molecule has 3 rings (SSSR count). The summed E-state index contributed by atoms with van der Waals surface area (Å²) < 4.78 is 7.70. The maximum Gasteiger partial charge on any atom is 0.226 e. The lowest BCUT2D eigenvalue weighted by atomic mass is 10.1. The molecule has 134 valence electrons. The van der Waals surface area contributed by atoms with Crippen molar-refractivity contribution in [1.29, 1.82) is 0 Å². The van der Waals surface area contributed by atoms with Crippen molar-refractivity contribution in [1.82, 2.24) is 19.6 Å². The fraction of sp³-hybridized carbons (Fsp3) is 0.474. The minimum absolute atomic E-state index is 0.134. The van der Waals surface area contributed by atoms with Crippen LogP contribution in [0.2, 0.25) is 0 Å². The lowest BCUT2D eigenvalue weighted by Crippen LogP contribution is -2.37. The lowest BCUT2D eigenvalue weighted by molar-refractivity contribution is -0.133. The Hall–Kier alpha value is -2.34. The van der Waals surface area contributed by atoms with Gasteiger partial charge in [-0.15, -0.1) is 0 Å². The quantitative estimate of drug-likeness (QED) is 0.804. The largest absolute Gasteiger partial charge is 0.493 e. The summed E-state index contributed by atoms with van der Waals surface area (Å²) in [6, 6.07) is 11.6. The highest BCUT2D eigenvalue weighted by Crippen LogP contribution is 2.17. The normalized spacial score (nSPS) is 17.2. The van der Waals surface area contributed by atoms with Gasteiger partial charge in [0.25, 0.3) is 0 Å². The molecule has 1 unspecified atom stereocenters. The van der Waals surface area contributed by atoms with Gasteiger partial charge in [0, 0.05) is 31.7 Å². The highest BCUT2D eigenvalue weighted by atomic mass is 16.5. The van der Waals surface area contributed by atoms with Gasteiger partial charge < -0.3 is 14.5 Å². The second kappa shape index (κ2) is 8.16. The first kappa shape index (κ1) is 17.5. The molecular weight excluding hydrogens is 316 g/mol. The molecule has 1 atom stereocenters. The van der Waals surface area contributed by atoms with Crippen molar-refractivity contribution in [2.24, 2.45) is 5.92 Å². The van der Waals surface area contributed by atoms with E-state index in [1.807, 2.05) is 52.2 Å². The van der Waals surface area contributed by atoms with Crippen LogP contribution in [-0.2, 0) is 17.9 Å². The maximum atomic E-state index is 12.7. The van der Waals surface area contributed by atoms with Gasteiger partial charge in [-0.3, -0.25) is 9.48 Å². The first-order valence-corrected chi connectivity index (χ1v) is 8.73. The Morgan fingerprint density at radius 2 is 2.04 bits per heavy atom. The van der Waals surface area contributed by atoms with Crippen LogP contribution in [0, 0.1) is 5.92 Å². The van der Waals surface area contributed by atoms with Crippen molar-refractivity contribution >= 4 is 5.91 Å². The van der Waals surface area contributed by atoms with Gasteiger partial charge in [0.05, 0.1) is 25.3 Å². The number of hydrogen-bond donors (Lipinski definition) is 0. The lowest BCUT2D eigenvalue weighted by Gasteiger charge is -2.26. The first-order valence-electron chi connectivity index (χ1n) is 8.73. The summed E-state index contributed by atoms with van der Waals surface area (Å²) in [6.07, 6.45) is 2.20. The van der Waals surface area contributed by atoms with Gasteiger partial charge in [-0.25, -0.2) is 0 Å². The zero-order valence-corrected chi connectivity index (χ0v) is 15.0. The predicted octanol–water partition coefficient (Wildman–Crippen LogP) is 1.87. The molecular formula is C19H26N4O2. The third kappa shape index (κ3) is 4.82. The number of fused-ring (bicyclic) bond motifs is 1. The molecule has 0 N–H and O–H groups in total. The number of aromatic nitrogens is 2. The smallest absolute Gasteiger partial charge is 0.226 e. The van der Waals surface area contributed by atoms with E-state index in [-0.39, 0.29) is 5.91 Å². The number of amides is 1. The molecule has 0 saturated heterocycles. The van der Waals surface area contributed by atoms with Gasteiger partial charge in [-0.05, 0) is 32.3 Å². The van der Waals surface area contributed by atoms with Crippen LogP contribution in [0.5, 0.6) is 5.75 Å². The maximum absolute atomic E-state index is 12.7. The molecule has 1 aliphatic heterocycles. The Kier molecular flexibility index (Phi) is 5.71. The van der Waals surface area contributed by atoms with Crippen LogP contribution in [0.1, 0.15) is 12.1 Å². The number of carbonyl (C=O) groups excluding carboxylic acids is 1. The summed E-state index contributed by atoms with van der Waals surface area (Å²) in [5.74, 6) is 1.30. The third-order valence-corrected chi connectivity index (χ3v) is 4.37. The van der Waals surface area contributed by atoms with Gasteiger partial charge >= 0.3 is 0 Å². The molecule has 2 heterocycles. The van der Waals surface area contributed by atoms with E-state index >= 15 is 0 Å².